The Morgan fingerprint density at radius 3 is 3.08 bits per heavy atom. The summed E-state index contributed by atoms with van der Waals surface area (Å²) in [7, 11) is 0. The largest absolute Gasteiger partial charge is 0.118 e. The smallest absolute Gasteiger partial charge is 0.0588 e. The Morgan fingerprint density at radius 2 is 2.25 bits per heavy atom. The van der Waals surface area contributed by atoms with Crippen molar-refractivity contribution in [2.24, 2.45) is 0 Å². The molecule has 0 unspecified atom stereocenters. The SMILES string of the molecule is Cl[C@@H]1CCCc2ccc(Br)cc21. The van der Waals surface area contributed by atoms with E-state index in [9.17, 15) is 0 Å². The molecule has 0 N–H and O–H groups in total. The van der Waals surface area contributed by atoms with Gasteiger partial charge in [-0.1, -0.05) is 22.0 Å². The van der Waals surface area contributed by atoms with Crippen molar-refractivity contribution in [1.29, 1.82) is 0 Å². The summed E-state index contributed by atoms with van der Waals surface area (Å²) in [6, 6.07) is 6.41. The number of rotatable bonds is 0. The second-order valence-electron chi connectivity index (χ2n) is 3.20. The molecular formula is C10H10BrCl. The summed E-state index contributed by atoms with van der Waals surface area (Å²) in [5.41, 5.74) is 2.74. The fraction of sp³-hybridized carbons (Fsp3) is 0.400. The Bertz CT molecular complexity index is 296. The van der Waals surface area contributed by atoms with Crippen LogP contribution < -0.4 is 0 Å². The van der Waals surface area contributed by atoms with Gasteiger partial charge in [-0.25, -0.2) is 0 Å². The highest BCUT2D eigenvalue weighted by Crippen LogP contribution is 2.35. The van der Waals surface area contributed by atoms with E-state index in [0.717, 1.165) is 10.9 Å². The quantitative estimate of drug-likeness (QED) is 0.605. The highest BCUT2D eigenvalue weighted by molar-refractivity contribution is 9.10. The molecule has 2 heteroatoms. The molecule has 0 aromatic heterocycles. The minimum atomic E-state index is 0.228. The Balaban J connectivity index is 2.47. The lowest BCUT2D eigenvalue weighted by Gasteiger charge is -2.20. The summed E-state index contributed by atoms with van der Waals surface area (Å²) in [6.07, 6.45) is 3.53. The van der Waals surface area contributed by atoms with Crippen LogP contribution in [-0.4, -0.2) is 0 Å². The van der Waals surface area contributed by atoms with Crippen LogP contribution in [-0.2, 0) is 6.42 Å². The summed E-state index contributed by atoms with van der Waals surface area (Å²) < 4.78 is 1.13. The molecule has 0 fully saturated rings. The van der Waals surface area contributed by atoms with Gasteiger partial charge in [0.05, 0.1) is 5.38 Å². The molecule has 1 aromatic rings. The van der Waals surface area contributed by atoms with E-state index >= 15 is 0 Å². The molecule has 0 bridgehead atoms. The highest BCUT2D eigenvalue weighted by Gasteiger charge is 2.17. The van der Waals surface area contributed by atoms with E-state index in [1.807, 2.05) is 0 Å². The Hall–Kier alpha value is -0.0100. The number of halogens is 2. The predicted molar refractivity (Wildman–Crippen MR) is 55.7 cm³/mol. The first-order valence-corrected chi connectivity index (χ1v) is 5.43. The Kier molecular flexibility index (Phi) is 2.42. The third-order valence-electron chi connectivity index (χ3n) is 2.35. The van der Waals surface area contributed by atoms with Crippen LogP contribution in [0.25, 0.3) is 0 Å². The zero-order chi connectivity index (χ0) is 8.55. The summed E-state index contributed by atoms with van der Waals surface area (Å²) >= 11 is 9.66. The maximum Gasteiger partial charge on any atom is 0.0588 e. The van der Waals surface area contributed by atoms with Crippen LogP contribution in [0.15, 0.2) is 22.7 Å². The molecule has 0 saturated heterocycles. The van der Waals surface area contributed by atoms with Gasteiger partial charge in [-0.15, -0.1) is 11.6 Å². The van der Waals surface area contributed by atoms with Crippen molar-refractivity contribution in [3.8, 4) is 0 Å². The zero-order valence-electron chi connectivity index (χ0n) is 6.69. The van der Waals surface area contributed by atoms with E-state index < -0.39 is 0 Å². The summed E-state index contributed by atoms with van der Waals surface area (Å²) in [5, 5.41) is 0.228. The molecule has 0 saturated carbocycles. The van der Waals surface area contributed by atoms with Crippen LogP contribution >= 0.6 is 27.5 Å². The van der Waals surface area contributed by atoms with Crippen molar-refractivity contribution >= 4 is 27.5 Å². The first-order chi connectivity index (χ1) is 5.77. The molecule has 0 nitrogen and oxygen atoms in total. The minimum absolute atomic E-state index is 0.228. The van der Waals surface area contributed by atoms with Gasteiger partial charge in [-0.2, -0.15) is 0 Å². The number of alkyl halides is 1. The van der Waals surface area contributed by atoms with Gasteiger partial charge in [0.1, 0.15) is 0 Å². The van der Waals surface area contributed by atoms with Gasteiger partial charge >= 0.3 is 0 Å². The predicted octanol–water partition coefficient (Wildman–Crippen LogP) is 4.07. The molecule has 1 aliphatic rings. The van der Waals surface area contributed by atoms with Crippen molar-refractivity contribution in [3.05, 3.63) is 33.8 Å². The molecule has 64 valence electrons. The summed E-state index contributed by atoms with van der Waals surface area (Å²) in [4.78, 5) is 0. The van der Waals surface area contributed by atoms with Crippen LogP contribution in [0.5, 0.6) is 0 Å². The normalized spacial score (nSPS) is 22.0. The lowest BCUT2D eigenvalue weighted by molar-refractivity contribution is 0.667. The third kappa shape index (κ3) is 1.53. The van der Waals surface area contributed by atoms with Gasteiger partial charge < -0.3 is 0 Å². The fourth-order valence-corrected chi connectivity index (χ4v) is 2.45. The molecule has 0 spiro atoms. The van der Waals surface area contributed by atoms with Crippen LogP contribution in [0, 0.1) is 0 Å². The summed E-state index contributed by atoms with van der Waals surface area (Å²) in [6.45, 7) is 0. The third-order valence-corrected chi connectivity index (χ3v) is 3.30. The lowest BCUT2D eigenvalue weighted by atomic mass is 9.91. The molecule has 1 aromatic carbocycles. The maximum atomic E-state index is 6.20. The summed E-state index contributed by atoms with van der Waals surface area (Å²) in [5.74, 6) is 0. The van der Waals surface area contributed by atoms with E-state index in [2.05, 4.69) is 34.1 Å². The molecule has 1 atom stereocenters. The minimum Gasteiger partial charge on any atom is -0.118 e. The molecule has 1 aliphatic carbocycles. The van der Waals surface area contributed by atoms with Gasteiger partial charge in [0.15, 0.2) is 0 Å². The van der Waals surface area contributed by atoms with Crippen molar-refractivity contribution in [2.45, 2.75) is 24.6 Å². The Morgan fingerprint density at radius 1 is 1.42 bits per heavy atom. The van der Waals surface area contributed by atoms with E-state index in [-0.39, 0.29) is 5.38 Å². The average Bonchev–Trinajstić information content (AvgIpc) is 2.07. The van der Waals surface area contributed by atoms with E-state index in [1.165, 1.54) is 24.0 Å². The standard InChI is InChI=1S/C10H10BrCl/c11-8-5-4-7-2-1-3-10(12)9(7)6-8/h4-6,10H,1-3H2/t10-/m1/s1. The van der Waals surface area contributed by atoms with Gasteiger partial charge in [-0.05, 0) is 42.5 Å². The van der Waals surface area contributed by atoms with Crippen molar-refractivity contribution < 1.29 is 0 Å². The second-order valence-corrected chi connectivity index (χ2v) is 4.65. The van der Waals surface area contributed by atoms with Gasteiger partial charge in [0.25, 0.3) is 0 Å². The Labute approximate surface area is 86.1 Å². The number of aryl methyl sites for hydroxylation is 1. The van der Waals surface area contributed by atoms with E-state index in [4.69, 9.17) is 11.6 Å². The van der Waals surface area contributed by atoms with Gasteiger partial charge in [0, 0.05) is 4.47 Å². The van der Waals surface area contributed by atoms with Crippen LogP contribution in [0.3, 0.4) is 0 Å². The first-order valence-electron chi connectivity index (χ1n) is 4.20. The number of hydrogen-bond acceptors (Lipinski definition) is 0. The zero-order valence-corrected chi connectivity index (χ0v) is 9.03. The maximum absolute atomic E-state index is 6.20. The molecule has 0 heterocycles. The van der Waals surface area contributed by atoms with Crippen LogP contribution in [0.2, 0.25) is 0 Å². The van der Waals surface area contributed by atoms with Crippen molar-refractivity contribution in [2.75, 3.05) is 0 Å². The molecule has 0 amide bonds. The van der Waals surface area contributed by atoms with Crippen LogP contribution in [0.4, 0.5) is 0 Å². The lowest BCUT2D eigenvalue weighted by Crippen LogP contribution is -2.04. The number of hydrogen-bond donors (Lipinski definition) is 0. The molecule has 12 heavy (non-hydrogen) atoms. The topological polar surface area (TPSA) is 0 Å². The first kappa shape index (κ1) is 8.58. The van der Waals surface area contributed by atoms with Gasteiger partial charge in [-0.3, -0.25) is 0 Å². The van der Waals surface area contributed by atoms with E-state index in [0.29, 0.717) is 0 Å². The number of benzene rings is 1. The second kappa shape index (κ2) is 3.39. The van der Waals surface area contributed by atoms with Gasteiger partial charge in [0.2, 0.25) is 0 Å². The molecule has 2 rings (SSSR count). The highest BCUT2D eigenvalue weighted by atomic mass is 79.9. The molecular weight excluding hydrogens is 235 g/mol. The average molecular weight is 246 g/mol. The van der Waals surface area contributed by atoms with Crippen molar-refractivity contribution in [1.82, 2.24) is 0 Å². The monoisotopic (exact) mass is 244 g/mol. The molecule has 0 aliphatic heterocycles. The number of fused-ring (bicyclic) bond motifs is 1. The van der Waals surface area contributed by atoms with Crippen LogP contribution in [0.1, 0.15) is 29.3 Å². The molecule has 0 radical (unpaired) electrons. The fourth-order valence-electron chi connectivity index (χ4n) is 1.71. The van der Waals surface area contributed by atoms with E-state index in [1.54, 1.807) is 0 Å². The van der Waals surface area contributed by atoms with Crippen molar-refractivity contribution in [3.63, 3.8) is 0 Å².